The smallest absolute Gasteiger partial charge is 0.191 e. The summed E-state index contributed by atoms with van der Waals surface area (Å²) in [5.74, 6) is 0.862. The highest BCUT2D eigenvalue weighted by Crippen LogP contribution is 2.43. The number of nitrogens with zero attached hydrogens (tertiary/aromatic N) is 2. The maximum Gasteiger partial charge on any atom is 0.191 e. The lowest BCUT2D eigenvalue weighted by Crippen LogP contribution is -2.49. The molecule has 3 rings (SSSR count). The van der Waals surface area contributed by atoms with Crippen molar-refractivity contribution in [2.75, 3.05) is 60.2 Å². The highest BCUT2D eigenvalue weighted by molar-refractivity contribution is 14.0. The molecule has 1 saturated heterocycles. The molecule has 2 N–H and O–H groups in total. The van der Waals surface area contributed by atoms with Crippen molar-refractivity contribution in [1.82, 2.24) is 15.5 Å². The Morgan fingerprint density at radius 1 is 1.23 bits per heavy atom. The molecule has 8 heteroatoms. The van der Waals surface area contributed by atoms with Crippen LogP contribution in [0.15, 0.2) is 29.3 Å². The molecule has 0 aromatic heterocycles. The standard InChI is InChI=1S/C22H35ClN4O2.HI/c1-24-21(26-17-22(8-3-9-22)10-13-28-2)25-16-20(27-11-14-29-15-12-27)18-4-6-19(23)7-5-18;/h4-7,20H,3,8-17H2,1-2H3,(H2,24,25,26);1H. The predicted molar refractivity (Wildman–Crippen MR) is 134 cm³/mol. The number of guanidine groups is 1. The molecule has 30 heavy (non-hydrogen) atoms. The van der Waals surface area contributed by atoms with Crippen molar-refractivity contribution in [3.63, 3.8) is 0 Å². The number of rotatable bonds is 9. The van der Waals surface area contributed by atoms with Gasteiger partial charge in [0.1, 0.15) is 0 Å². The quantitative estimate of drug-likeness (QED) is 0.279. The Morgan fingerprint density at radius 2 is 1.93 bits per heavy atom. The molecule has 6 nitrogen and oxygen atoms in total. The monoisotopic (exact) mass is 550 g/mol. The largest absolute Gasteiger partial charge is 0.385 e. The van der Waals surface area contributed by atoms with Crippen molar-refractivity contribution in [3.8, 4) is 0 Å². The average molecular weight is 551 g/mol. The van der Waals surface area contributed by atoms with Crippen molar-refractivity contribution in [2.45, 2.75) is 31.7 Å². The molecule has 0 radical (unpaired) electrons. The highest BCUT2D eigenvalue weighted by atomic mass is 127. The lowest BCUT2D eigenvalue weighted by Gasteiger charge is -2.42. The number of halogens is 2. The third-order valence-electron chi connectivity index (χ3n) is 6.31. The molecule has 2 aliphatic rings. The summed E-state index contributed by atoms with van der Waals surface area (Å²) in [4.78, 5) is 6.92. The van der Waals surface area contributed by atoms with E-state index in [1.807, 2.05) is 19.2 Å². The van der Waals surface area contributed by atoms with Gasteiger partial charge in [-0.15, -0.1) is 24.0 Å². The zero-order valence-electron chi connectivity index (χ0n) is 18.2. The second kappa shape index (κ2) is 13.1. The van der Waals surface area contributed by atoms with Gasteiger partial charge in [0.25, 0.3) is 0 Å². The summed E-state index contributed by atoms with van der Waals surface area (Å²) < 4.78 is 10.9. The summed E-state index contributed by atoms with van der Waals surface area (Å²) in [6, 6.07) is 8.42. The number of nitrogens with one attached hydrogen (secondary N) is 2. The lowest BCUT2D eigenvalue weighted by atomic mass is 9.67. The number of hydrogen-bond acceptors (Lipinski definition) is 4. The van der Waals surface area contributed by atoms with Gasteiger partial charge in [0, 0.05) is 52.0 Å². The van der Waals surface area contributed by atoms with E-state index in [0.29, 0.717) is 5.41 Å². The van der Waals surface area contributed by atoms with Crippen LogP contribution in [0.3, 0.4) is 0 Å². The van der Waals surface area contributed by atoms with Gasteiger partial charge in [-0.3, -0.25) is 9.89 Å². The van der Waals surface area contributed by atoms with Crippen molar-refractivity contribution in [2.24, 2.45) is 10.4 Å². The molecule has 1 aromatic rings. The Balaban J connectivity index is 0.00000320. The predicted octanol–water partition coefficient (Wildman–Crippen LogP) is 3.70. The first kappa shape index (κ1) is 25.6. The minimum atomic E-state index is 0. The molecule has 0 spiro atoms. The fourth-order valence-electron chi connectivity index (χ4n) is 4.23. The second-order valence-electron chi connectivity index (χ2n) is 8.12. The molecule has 1 atom stereocenters. The molecule has 1 unspecified atom stereocenters. The maximum absolute atomic E-state index is 6.10. The number of methoxy groups -OCH3 is 1. The molecule has 170 valence electrons. The van der Waals surface area contributed by atoms with E-state index >= 15 is 0 Å². The van der Waals surface area contributed by atoms with Crippen molar-refractivity contribution < 1.29 is 9.47 Å². The Hall–Kier alpha value is -0.610. The van der Waals surface area contributed by atoms with Crippen LogP contribution in [0.2, 0.25) is 5.02 Å². The summed E-state index contributed by atoms with van der Waals surface area (Å²) in [6.45, 7) is 5.97. The Morgan fingerprint density at radius 3 is 2.50 bits per heavy atom. The second-order valence-corrected chi connectivity index (χ2v) is 8.56. The van der Waals surface area contributed by atoms with E-state index in [2.05, 4.69) is 32.7 Å². The summed E-state index contributed by atoms with van der Waals surface area (Å²) in [5.41, 5.74) is 1.61. The minimum Gasteiger partial charge on any atom is -0.385 e. The summed E-state index contributed by atoms with van der Waals surface area (Å²) in [6.07, 6.45) is 4.95. The first-order valence-electron chi connectivity index (χ1n) is 10.7. The van der Waals surface area contributed by atoms with Gasteiger partial charge in [0.15, 0.2) is 5.96 Å². The lowest BCUT2D eigenvalue weighted by molar-refractivity contribution is 0.0169. The Labute approximate surface area is 203 Å². The Bertz CT molecular complexity index is 649. The van der Waals surface area contributed by atoms with E-state index in [9.17, 15) is 0 Å². The number of ether oxygens (including phenoxy) is 2. The van der Waals surface area contributed by atoms with Crippen LogP contribution < -0.4 is 10.6 Å². The first-order valence-corrected chi connectivity index (χ1v) is 11.0. The number of benzene rings is 1. The molecule has 1 saturated carbocycles. The summed E-state index contributed by atoms with van der Waals surface area (Å²) in [7, 11) is 3.62. The fourth-order valence-corrected chi connectivity index (χ4v) is 4.35. The molecule has 1 aromatic carbocycles. The number of morpholine rings is 1. The topological polar surface area (TPSA) is 58.1 Å². The molecule has 1 aliphatic heterocycles. The zero-order valence-corrected chi connectivity index (χ0v) is 21.2. The van der Waals surface area contributed by atoms with E-state index in [-0.39, 0.29) is 30.0 Å². The Kier molecular flexibility index (Phi) is 11.2. The van der Waals surface area contributed by atoms with Crippen LogP contribution in [0.4, 0.5) is 0 Å². The number of aliphatic imine (C=N–C) groups is 1. The molecular formula is C22H36ClIN4O2. The average Bonchev–Trinajstić information content (AvgIpc) is 2.73. The van der Waals surface area contributed by atoms with Crippen molar-refractivity contribution in [3.05, 3.63) is 34.9 Å². The van der Waals surface area contributed by atoms with E-state index in [1.54, 1.807) is 7.11 Å². The number of hydrogen-bond donors (Lipinski definition) is 2. The van der Waals surface area contributed by atoms with Crippen LogP contribution in [0, 0.1) is 5.41 Å². The van der Waals surface area contributed by atoms with Crippen LogP contribution in [0.5, 0.6) is 0 Å². The highest BCUT2D eigenvalue weighted by Gasteiger charge is 2.36. The fraction of sp³-hybridized carbons (Fsp3) is 0.682. The zero-order chi connectivity index (χ0) is 20.5. The van der Waals surface area contributed by atoms with Crippen LogP contribution in [-0.2, 0) is 9.47 Å². The van der Waals surface area contributed by atoms with E-state index < -0.39 is 0 Å². The molecule has 0 amide bonds. The molecule has 1 heterocycles. The van der Waals surface area contributed by atoms with Gasteiger partial charge in [-0.05, 0) is 42.4 Å². The molecule has 2 fully saturated rings. The van der Waals surface area contributed by atoms with Crippen molar-refractivity contribution in [1.29, 1.82) is 0 Å². The van der Waals surface area contributed by atoms with Crippen LogP contribution in [0.25, 0.3) is 0 Å². The van der Waals surface area contributed by atoms with Gasteiger partial charge in [0.2, 0.25) is 0 Å². The van der Waals surface area contributed by atoms with Gasteiger partial charge >= 0.3 is 0 Å². The molecular weight excluding hydrogens is 515 g/mol. The summed E-state index contributed by atoms with van der Waals surface area (Å²) in [5, 5.41) is 7.87. The van der Waals surface area contributed by atoms with E-state index in [0.717, 1.165) is 63.4 Å². The van der Waals surface area contributed by atoms with Gasteiger partial charge < -0.3 is 20.1 Å². The van der Waals surface area contributed by atoms with Crippen LogP contribution in [-0.4, -0.2) is 71.0 Å². The normalized spacial score (nSPS) is 20.0. The third-order valence-corrected chi connectivity index (χ3v) is 6.56. The van der Waals surface area contributed by atoms with Crippen LogP contribution in [0.1, 0.15) is 37.3 Å². The van der Waals surface area contributed by atoms with Crippen LogP contribution >= 0.6 is 35.6 Å². The first-order chi connectivity index (χ1) is 14.2. The molecule has 1 aliphatic carbocycles. The summed E-state index contributed by atoms with van der Waals surface area (Å²) >= 11 is 6.10. The SMILES string of the molecule is CN=C(NCC(c1ccc(Cl)cc1)N1CCOCC1)NCC1(CCOC)CCC1.I. The molecule has 0 bridgehead atoms. The van der Waals surface area contributed by atoms with E-state index in [4.69, 9.17) is 21.1 Å². The van der Waals surface area contributed by atoms with Gasteiger partial charge in [-0.2, -0.15) is 0 Å². The van der Waals surface area contributed by atoms with Gasteiger partial charge in [-0.25, -0.2) is 0 Å². The van der Waals surface area contributed by atoms with E-state index in [1.165, 1.54) is 24.8 Å². The van der Waals surface area contributed by atoms with Gasteiger partial charge in [-0.1, -0.05) is 30.2 Å². The van der Waals surface area contributed by atoms with Gasteiger partial charge in [0.05, 0.1) is 19.3 Å². The minimum absolute atomic E-state index is 0. The maximum atomic E-state index is 6.10. The third kappa shape index (κ3) is 7.22. The van der Waals surface area contributed by atoms with Crippen molar-refractivity contribution >= 4 is 41.5 Å².